The second-order valence-electron chi connectivity index (χ2n) is 7.13. The first-order valence-electron chi connectivity index (χ1n) is 9.19. The Kier molecular flexibility index (Phi) is 4.85. The minimum absolute atomic E-state index is 0.259. The zero-order valence-corrected chi connectivity index (χ0v) is 17.9. The highest BCUT2D eigenvalue weighted by molar-refractivity contribution is 14.1. The van der Waals surface area contributed by atoms with E-state index in [0.717, 1.165) is 41.6 Å². The molecule has 27 heavy (non-hydrogen) atoms. The number of benzene rings is 1. The number of halogens is 1. The highest BCUT2D eigenvalue weighted by Gasteiger charge is 2.32. The average molecular weight is 472 g/mol. The lowest BCUT2D eigenvalue weighted by molar-refractivity contribution is -0.112. The molecular weight excluding hydrogens is 451 g/mol. The Morgan fingerprint density at radius 2 is 2.04 bits per heavy atom. The number of rotatable bonds is 3. The molecule has 0 bridgehead atoms. The molecule has 0 N–H and O–H groups in total. The fourth-order valence-corrected chi connectivity index (χ4v) is 4.03. The first-order valence-corrected chi connectivity index (χ1v) is 10.3. The molecule has 0 spiro atoms. The molecule has 1 aliphatic carbocycles. The van der Waals surface area contributed by atoms with Gasteiger partial charge in [-0.05, 0) is 103 Å². The Bertz CT molecular complexity index is 1000. The van der Waals surface area contributed by atoms with Crippen molar-refractivity contribution in [2.75, 3.05) is 11.5 Å². The molecule has 0 saturated heterocycles. The fourth-order valence-electron chi connectivity index (χ4n) is 3.54. The topological polar surface area (TPSA) is 42.4 Å². The Balaban J connectivity index is 1.91. The molecule has 1 aliphatic heterocycles. The number of carbonyl (C=O) groups excluding carboxylic acids is 1. The minimum atomic E-state index is -0.259. The maximum Gasteiger partial charge on any atom is 0.308 e. The molecule has 5 heteroatoms. The average Bonchev–Trinajstić information content (AvgIpc) is 3.35. The van der Waals surface area contributed by atoms with Crippen LogP contribution in [0, 0.1) is 29.3 Å². The number of anilines is 2. The van der Waals surface area contributed by atoms with Crippen LogP contribution in [0.3, 0.4) is 0 Å². The largest absolute Gasteiger partial charge is 0.477 e. The van der Waals surface area contributed by atoms with Crippen LogP contribution in [0.2, 0.25) is 0 Å². The molecule has 1 saturated carbocycles. The van der Waals surface area contributed by atoms with Crippen molar-refractivity contribution in [2.45, 2.75) is 46.0 Å². The van der Waals surface area contributed by atoms with Gasteiger partial charge in [0.05, 0.1) is 12.3 Å². The molecule has 2 aromatic rings. The van der Waals surface area contributed by atoms with Crippen LogP contribution in [0.15, 0.2) is 18.2 Å². The Hall–Kier alpha value is -2.07. The molecule has 2 aliphatic rings. The van der Waals surface area contributed by atoms with Gasteiger partial charge >= 0.3 is 5.91 Å². The number of ether oxygens (including phenoxy) is 1. The van der Waals surface area contributed by atoms with Gasteiger partial charge in [0.15, 0.2) is 0 Å². The Morgan fingerprint density at radius 3 is 2.74 bits per heavy atom. The summed E-state index contributed by atoms with van der Waals surface area (Å²) in [5.74, 6) is 6.92. The lowest BCUT2D eigenvalue weighted by atomic mass is 10.0. The van der Waals surface area contributed by atoms with Gasteiger partial charge in [0.2, 0.25) is 5.88 Å². The second kappa shape index (κ2) is 7.16. The first kappa shape index (κ1) is 18.3. The third-order valence-electron chi connectivity index (χ3n) is 5.12. The molecule has 0 radical (unpaired) electrons. The standard InChI is InChI=1S/C22H21IN2O2/c1-4-5-21(26)25(20-11-13(2)16-8-9-27-22(16)24-20)19-10-14(3)18(23)12-17(19)15-6-7-15/h10-12,15H,6-9H2,1-3H3. The van der Waals surface area contributed by atoms with E-state index in [-0.39, 0.29) is 5.91 Å². The van der Waals surface area contributed by atoms with E-state index in [1.54, 1.807) is 11.8 Å². The predicted octanol–water partition coefficient (Wildman–Crippen LogP) is 4.80. The molecule has 4 nitrogen and oxygen atoms in total. The van der Waals surface area contributed by atoms with Crippen molar-refractivity contribution in [3.05, 3.63) is 44.0 Å². The summed E-state index contributed by atoms with van der Waals surface area (Å²) in [7, 11) is 0. The van der Waals surface area contributed by atoms with Crippen LogP contribution in [0.4, 0.5) is 11.5 Å². The molecule has 1 aromatic heterocycles. The number of amides is 1. The second-order valence-corrected chi connectivity index (χ2v) is 8.29. The van der Waals surface area contributed by atoms with Crippen molar-refractivity contribution >= 4 is 40.0 Å². The van der Waals surface area contributed by atoms with E-state index in [4.69, 9.17) is 4.74 Å². The van der Waals surface area contributed by atoms with Gasteiger partial charge in [-0.1, -0.05) is 5.92 Å². The zero-order valence-electron chi connectivity index (χ0n) is 15.7. The number of hydrogen-bond donors (Lipinski definition) is 0. The van der Waals surface area contributed by atoms with Crippen molar-refractivity contribution in [2.24, 2.45) is 0 Å². The zero-order chi connectivity index (χ0) is 19.1. The van der Waals surface area contributed by atoms with Gasteiger partial charge in [-0.15, -0.1) is 0 Å². The van der Waals surface area contributed by atoms with Crippen LogP contribution in [0.25, 0.3) is 0 Å². The fraction of sp³-hybridized carbons (Fsp3) is 0.364. The summed E-state index contributed by atoms with van der Waals surface area (Å²) < 4.78 is 6.91. The van der Waals surface area contributed by atoms with Gasteiger partial charge in [-0.25, -0.2) is 0 Å². The van der Waals surface area contributed by atoms with E-state index in [1.807, 2.05) is 13.0 Å². The molecule has 4 rings (SSSR count). The van der Waals surface area contributed by atoms with Gasteiger partial charge in [0, 0.05) is 15.6 Å². The van der Waals surface area contributed by atoms with Crippen LogP contribution in [-0.2, 0) is 11.2 Å². The number of pyridine rings is 1. The number of carbonyl (C=O) groups is 1. The van der Waals surface area contributed by atoms with Crippen molar-refractivity contribution in [1.29, 1.82) is 0 Å². The van der Waals surface area contributed by atoms with Crippen LogP contribution < -0.4 is 9.64 Å². The number of aromatic nitrogens is 1. The van der Waals surface area contributed by atoms with Crippen molar-refractivity contribution < 1.29 is 9.53 Å². The summed E-state index contributed by atoms with van der Waals surface area (Å²) in [4.78, 5) is 19.4. The third-order valence-corrected chi connectivity index (χ3v) is 6.28. The number of nitrogens with zero attached hydrogens (tertiary/aromatic N) is 2. The van der Waals surface area contributed by atoms with Crippen LogP contribution in [0.5, 0.6) is 5.88 Å². The molecular formula is C22H21IN2O2. The highest BCUT2D eigenvalue weighted by Crippen LogP contribution is 2.47. The summed E-state index contributed by atoms with van der Waals surface area (Å²) >= 11 is 2.36. The molecule has 1 aromatic carbocycles. The Morgan fingerprint density at radius 1 is 1.26 bits per heavy atom. The summed E-state index contributed by atoms with van der Waals surface area (Å²) in [6, 6.07) is 6.28. The number of aryl methyl sites for hydroxylation is 2. The normalized spacial score (nSPS) is 14.8. The van der Waals surface area contributed by atoms with E-state index < -0.39 is 0 Å². The van der Waals surface area contributed by atoms with Crippen molar-refractivity contribution in [3.8, 4) is 17.7 Å². The van der Waals surface area contributed by atoms with Crippen molar-refractivity contribution in [3.63, 3.8) is 0 Å². The van der Waals surface area contributed by atoms with E-state index >= 15 is 0 Å². The van der Waals surface area contributed by atoms with E-state index in [0.29, 0.717) is 24.2 Å². The monoisotopic (exact) mass is 472 g/mol. The van der Waals surface area contributed by atoms with Gasteiger partial charge in [0.1, 0.15) is 5.82 Å². The van der Waals surface area contributed by atoms with Gasteiger partial charge < -0.3 is 4.74 Å². The summed E-state index contributed by atoms with van der Waals surface area (Å²) in [6.07, 6.45) is 3.19. The first-order chi connectivity index (χ1) is 13.0. The van der Waals surface area contributed by atoms with Gasteiger partial charge in [-0.3, -0.25) is 9.69 Å². The molecule has 1 amide bonds. The summed E-state index contributed by atoms with van der Waals surface area (Å²) in [6.45, 7) is 6.45. The molecule has 1 fully saturated rings. The summed E-state index contributed by atoms with van der Waals surface area (Å²) in [5, 5.41) is 0. The minimum Gasteiger partial charge on any atom is -0.477 e. The van der Waals surface area contributed by atoms with Gasteiger partial charge in [-0.2, -0.15) is 4.98 Å². The maximum atomic E-state index is 13.0. The van der Waals surface area contributed by atoms with E-state index in [1.165, 1.54) is 9.13 Å². The lowest BCUT2D eigenvalue weighted by Crippen LogP contribution is -2.27. The van der Waals surface area contributed by atoms with E-state index in [9.17, 15) is 4.79 Å². The maximum absolute atomic E-state index is 13.0. The highest BCUT2D eigenvalue weighted by atomic mass is 127. The quantitative estimate of drug-likeness (QED) is 0.476. The molecule has 0 atom stereocenters. The SMILES string of the molecule is CC#CC(=O)N(c1cc(C)c2c(n1)OCC2)c1cc(C)c(I)cc1C1CC1. The molecule has 2 heterocycles. The van der Waals surface area contributed by atoms with Crippen LogP contribution >= 0.6 is 22.6 Å². The van der Waals surface area contributed by atoms with Crippen LogP contribution in [-0.4, -0.2) is 17.5 Å². The van der Waals surface area contributed by atoms with E-state index in [2.05, 4.69) is 58.5 Å². The lowest BCUT2D eigenvalue weighted by Gasteiger charge is -2.24. The number of hydrogen-bond acceptors (Lipinski definition) is 3. The molecule has 138 valence electrons. The molecule has 0 unspecified atom stereocenters. The van der Waals surface area contributed by atoms with Crippen molar-refractivity contribution in [1.82, 2.24) is 4.98 Å². The smallest absolute Gasteiger partial charge is 0.308 e. The Labute approximate surface area is 173 Å². The van der Waals surface area contributed by atoms with Crippen LogP contribution in [0.1, 0.15) is 47.9 Å². The number of fused-ring (bicyclic) bond motifs is 1. The summed E-state index contributed by atoms with van der Waals surface area (Å²) in [5.41, 5.74) is 5.48. The van der Waals surface area contributed by atoms with Gasteiger partial charge in [0.25, 0.3) is 0 Å². The predicted molar refractivity (Wildman–Crippen MR) is 115 cm³/mol. The third kappa shape index (κ3) is 3.43.